The third kappa shape index (κ3) is 2.40. The van der Waals surface area contributed by atoms with Gasteiger partial charge in [-0.05, 0) is 13.8 Å². The zero-order valence-electron chi connectivity index (χ0n) is 4.71. The molecule has 0 bridgehead atoms. The van der Waals surface area contributed by atoms with Gasteiger partial charge in [0.1, 0.15) is 0 Å². The summed E-state index contributed by atoms with van der Waals surface area (Å²) in [5, 5.41) is 0. The fraction of sp³-hybridized carbons (Fsp3) is 1.00. The van der Waals surface area contributed by atoms with Crippen LogP contribution in [0.15, 0.2) is 0 Å². The Hall–Kier alpha value is 0.830. The fourth-order valence-corrected chi connectivity index (χ4v) is 0. The third-order valence-corrected chi connectivity index (χ3v) is 2.19. The van der Waals surface area contributed by atoms with Crippen molar-refractivity contribution in [2.24, 2.45) is 5.73 Å². The highest BCUT2D eigenvalue weighted by Crippen LogP contribution is 2.35. The molecule has 0 aliphatic rings. The maximum absolute atomic E-state index is 5.42. The van der Waals surface area contributed by atoms with Gasteiger partial charge >= 0.3 is 0 Å². The van der Waals surface area contributed by atoms with Crippen LogP contribution in [0.4, 0.5) is 0 Å². The van der Waals surface area contributed by atoms with E-state index in [1.807, 2.05) is 0 Å². The van der Waals surface area contributed by atoms with Crippen LogP contribution in [0.1, 0.15) is 13.8 Å². The van der Waals surface area contributed by atoms with Crippen LogP contribution in [-0.2, 0) is 0 Å². The van der Waals surface area contributed by atoms with Gasteiger partial charge in [-0.2, -0.15) is 0 Å². The number of halogens is 3. The molecule has 0 aliphatic carbocycles. The van der Waals surface area contributed by atoms with E-state index in [1.165, 1.54) is 0 Å². The van der Waals surface area contributed by atoms with Crippen LogP contribution in [0.3, 0.4) is 0 Å². The monoisotopic (exact) mass is 175 g/mol. The van der Waals surface area contributed by atoms with E-state index < -0.39 is 9.33 Å². The minimum atomic E-state index is -1.37. The molecule has 0 heterocycles. The van der Waals surface area contributed by atoms with E-state index in [-0.39, 0.29) is 0 Å². The van der Waals surface area contributed by atoms with E-state index >= 15 is 0 Å². The van der Waals surface area contributed by atoms with Crippen molar-refractivity contribution in [3.8, 4) is 0 Å². The minimum Gasteiger partial charge on any atom is -0.322 e. The Morgan fingerprint density at radius 1 is 1.12 bits per heavy atom. The van der Waals surface area contributed by atoms with Crippen LogP contribution < -0.4 is 5.73 Å². The van der Waals surface area contributed by atoms with Gasteiger partial charge in [0.15, 0.2) is 0 Å². The van der Waals surface area contributed by atoms with Crippen LogP contribution in [-0.4, -0.2) is 9.33 Å². The molecule has 0 fully saturated rings. The van der Waals surface area contributed by atoms with Gasteiger partial charge < -0.3 is 5.73 Å². The average Bonchev–Trinajstić information content (AvgIpc) is 1.25. The summed E-state index contributed by atoms with van der Waals surface area (Å²) in [6.07, 6.45) is 0. The molecule has 4 heteroatoms. The lowest BCUT2D eigenvalue weighted by atomic mass is 10.1. The molecule has 1 nitrogen and oxygen atoms in total. The van der Waals surface area contributed by atoms with E-state index in [2.05, 4.69) is 0 Å². The molecule has 0 aromatic rings. The van der Waals surface area contributed by atoms with Gasteiger partial charge in [-0.1, -0.05) is 34.8 Å². The molecule has 0 atom stereocenters. The largest absolute Gasteiger partial charge is 0.322 e. The van der Waals surface area contributed by atoms with Gasteiger partial charge in [0.2, 0.25) is 3.79 Å². The molecule has 0 aliphatic heterocycles. The molecule has 8 heavy (non-hydrogen) atoms. The summed E-state index contributed by atoms with van der Waals surface area (Å²) in [5.41, 5.74) is 4.65. The molecule has 0 unspecified atom stereocenters. The van der Waals surface area contributed by atoms with Crippen LogP contribution >= 0.6 is 34.8 Å². The van der Waals surface area contributed by atoms with E-state index in [0.717, 1.165) is 0 Å². The number of nitrogens with two attached hydrogens (primary N) is 1. The van der Waals surface area contributed by atoms with Crippen molar-refractivity contribution in [2.45, 2.75) is 23.2 Å². The van der Waals surface area contributed by atoms with Crippen molar-refractivity contribution < 1.29 is 0 Å². The highest BCUT2D eigenvalue weighted by molar-refractivity contribution is 6.68. The smallest absolute Gasteiger partial charge is 0.207 e. The van der Waals surface area contributed by atoms with Gasteiger partial charge in [0.25, 0.3) is 0 Å². The quantitative estimate of drug-likeness (QED) is 0.562. The molecule has 0 saturated heterocycles. The summed E-state index contributed by atoms with van der Waals surface area (Å²) < 4.78 is -1.37. The van der Waals surface area contributed by atoms with Gasteiger partial charge in [-0.15, -0.1) is 0 Å². The SMILES string of the molecule is CC(C)(N)C(Cl)(Cl)Cl. The van der Waals surface area contributed by atoms with Gasteiger partial charge in [-0.25, -0.2) is 0 Å². The molecule has 0 rings (SSSR count). The lowest BCUT2D eigenvalue weighted by Crippen LogP contribution is -2.45. The first-order valence-corrected chi connectivity index (χ1v) is 3.24. The Morgan fingerprint density at radius 3 is 1.25 bits per heavy atom. The number of hydrogen-bond donors (Lipinski definition) is 1. The van der Waals surface area contributed by atoms with Crippen molar-refractivity contribution in [1.82, 2.24) is 0 Å². The Labute approximate surface area is 64.1 Å². The zero-order valence-corrected chi connectivity index (χ0v) is 6.98. The lowest BCUT2D eigenvalue weighted by molar-refractivity contribution is 0.531. The van der Waals surface area contributed by atoms with Crippen LogP contribution in [0.2, 0.25) is 0 Å². The maximum atomic E-state index is 5.42. The van der Waals surface area contributed by atoms with E-state index in [9.17, 15) is 0 Å². The molecule has 2 N–H and O–H groups in total. The molecule has 0 aromatic heterocycles. The first-order valence-electron chi connectivity index (χ1n) is 2.11. The van der Waals surface area contributed by atoms with Gasteiger partial charge in [0, 0.05) is 0 Å². The average molecular weight is 176 g/mol. The molecule has 0 aromatic carbocycles. The minimum absolute atomic E-state index is 0.766. The standard InChI is InChI=1S/C4H8Cl3N/c1-3(2,8)4(5,6)7/h8H2,1-2H3. The Morgan fingerprint density at radius 2 is 1.25 bits per heavy atom. The highest BCUT2D eigenvalue weighted by Gasteiger charge is 2.36. The van der Waals surface area contributed by atoms with Crippen LogP contribution in [0.25, 0.3) is 0 Å². The predicted octanol–water partition coefficient (Wildman–Crippen LogP) is 2.09. The second-order valence-electron chi connectivity index (χ2n) is 2.22. The first kappa shape index (κ1) is 8.83. The summed E-state index contributed by atoms with van der Waals surface area (Å²) in [7, 11) is 0. The highest BCUT2D eigenvalue weighted by atomic mass is 35.6. The van der Waals surface area contributed by atoms with Crippen molar-refractivity contribution in [1.29, 1.82) is 0 Å². The van der Waals surface area contributed by atoms with Crippen molar-refractivity contribution >= 4 is 34.8 Å². The summed E-state index contributed by atoms with van der Waals surface area (Å²) in [6, 6.07) is 0. The second kappa shape index (κ2) is 2.22. The van der Waals surface area contributed by atoms with E-state index in [4.69, 9.17) is 40.5 Å². The summed E-state index contributed by atoms with van der Waals surface area (Å²) in [6.45, 7) is 3.31. The zero-order chi connectivity index (χ0) is 7.00. The molecule has 0 spiro atoms. The van der Waals surface area contributed by atoms with E-state index in [1.54, 1.807) is 13.8 Å². The van der Waals surface area contributed by atoms with Crippen LogP contribution in [0.5, 0.6) is 0 Å². The number of hydrogen-bond acceptors (Lipinski definition) is 1. The molecular weight excluding hydrogens is 168 g/mol. The number of alkyl halides is 3. The lowest BCUT2D eigenvalue weighted by Gasteiger charge is -2.26. The van der Waals surface area contributed by atoms with E-state index in [0.29, 0.717) is 0 Å². The molecule has 0 radical (unpaired) electrons. The summed E-state index contributed by atoms with van der Waals surface area (Å²) in [5.74, 6) is 0. The maximum Gasteiger partial charge on any atom is 0.207 e. The Bertz CT molecular complexity index is 66.3. The molecule has 0 saturated carbocycles. The molecule has 50 valence electrons. The number of rotatable bonds is 0. The Balaban J connectivity index is 4.02. The summed E-state index contributed by atoms with van der Waals surface area (Å²) in [4.78, 5) is 0. The second-order valence-corrected chi connectivity index (χ2v) is 4.50. The van der Waals surface area contributed by atoms with Gasteiger partial charge in [-0.3, -0.25) is 0 Å². The van der Waals surface area contributed by atoms with Crippen molar-refractivity contribution in [3.05, 3.63) is 0 Å². The first-order chi connectivity index (χ1) is 3.25. The van der Waals surface area contributed by atoms with Crippen molar-refractivity contribution in [3.63, 3.8) is 0 Å². The fourth-order valence-electron chi connectivity index (χ4n) is 0. The third-order valence-electron chi connectivity index (χ3n) is 0.731. The van der Waals surface area contributed by atoms with Crippen molar-refractivity contribution in [2.75, 3.05) is 0 Å². The Kier molecular flexibility index (Phi) is 2.45. The molecular formula is C4H8Cl3N. The normalized spacial score (nSPS) is 14.2. The predicted molar refractivity (Wildman–Crippen MR) is 38.6 cm³/mol. The topological polar surface area (TPSA) is 26.0 Å². The van der Waals surface area contributed by atoms with Gasteiger partial charge in [0.05, 0.1) is 5.54 Å². The van der Waals surface area contributed by atoms with Crippen LogP contribution in [0, 0.1) is 0 Å². The molecule has 0 amide bonds. The summed E-state index contributed by atoms with van der Waals surface area (Å²) >= 11 is 16.2.